The van der Waals surface area contributed by atoms with Crippen LogP contribution in [0.1, 0.15) is 110 Å². The summed E-state index contributed by atoms with van der Waals surface area (Å²) in [5.74, 6) is 0. The number of rotatable bonds is 33. The minimum absolute atomic E-state index is 0.359. The second-order valence-electron chi connectivity index (χ2n) is 9.95. The van der Waals surface area contributed by atoms with Crippen LogP contribution in [0.3, 0.4) is 0 Å². The highest BCUT2D eigenvalue weighted by atomic mass is 33.1. The van der Waals surface area contributed by atoms with Crippen LogP contribution in [0.4, 0.5) is 0 Å². The van der Waals surface area contributed by atoms with Crippen molar-refractivity contribution >= 4 is 56.8 Å². The van der Waals surface area contributed by atoms with Gasteiger partial charge in [-0.15, -0.1) is 0 Å². The zero-order chi connectivity index (χ0) is 36.8. The van der Waals surface area contributed by atoms with Crippen molar-refractivity contribution in [1.29, 1.82) is 0 Å². The van der Waals surface area contributed by atoms with Crippen LogP contribution in [-0.2, 0) is 53.1 Å². The maximum Gasteiger partial charge on any atom is 0.523 e. The van der Waals surface area contributed by atoms with E-state index in [1.54, 1.807) is 21.6 Å². The summed E-state index contributed by atoms with van der Waals surface area (Å²) < 4.78 is 79.0. The van der Waals surface area contributed by atoms with E-state index in [9.17, 15) is 0 Å². The fourth-order valence-electron chi connectivity index (χ4n) is 5.88. The molecule has 0 spiro atoms. The third-order valence-electron chi connectivity index (χ3n) is 7.31. The monoisotopic (exact) mass is 798 g/mol. The van der Waals surface area contributed by atoms with Crippen molar-refractivity contribution in [3.05, 3.63) is 0 Å². The summed E-state index contributed by atoms with van der Waals surface area (Å²) in [4.78, 5) is 0. The first-order valence-corrected chi connectivity index (χ1v) is 27.1. The summed E-state index contributed by atoms with van der Waals surface area (Å²) in [6.45, 7) is 31.9. The largest absolute Gasteiger partial charge is 0.523 e. The number of hydrogen-bond acceptors (Lipinski definition) is 14. The second-order valence-corrected chi connectivity index (χ2v) is 26.5. The molecule has 0 aromatic carbocycles. The lowest BCUT2D eigenvalue weighted by Crippen LogP contribution is -2.80. The molecule has 0 rings (SSSR count). The van der Waals surface area contributed by atoms with Crippen LogP contribution in [-0.4, -0.2) is 122 Å². The van der Waals surface area contributed by atoms with E-state index in [1.807, 2.05) is 83.1 Å². The van der Waals surface area contributed by atoms with E-state index in [-0.39, 0.29) is 0 Å². The van der Waals surface area contributed by atoms with Gasteiger partial charge in [0.05, 0.1) is 0 Å². The molecule has 0 aromatic heterocycles. The Morgan fingerprint density at radius 2 is 0.396 bits per heavy atom. The van der Waals surface area contributed by atoms with Gasteiger partial charge in [-0.25, -0.2) is 0 Å². The first kappa shape index (κ1) is 49.1. The molecule has 12 nitrogen and oxygen atoms in total. The fraction of sp³-hybridized carbons (Fsp3) is 1.00. The SMILES string of the molecule is CCO[Si](OCC)(OCC)C(CC)(SSC(CC)([Si](OCC)(OCC)OCC)[Si](OCC)(OCC)OCC)[Si](OCC)(OCC)OCC. The van der Waals surface area contributed by atoms with Gasteiger partial charge < -0.3 is 53.1 Å². The molecular formula is C30H70O12S2Si4. The molecule has 0 saturated heterocycles. The van der Waals surface area contributed by atoms with E-state index in [0.717, 1.165) is 0 Å². The van der Waals surface area contributed by atoms with Gasteiger partial charge in [0.2, 0.25) is 0 Å². The molecule has 0 amide bonds. The molecule has 0 aliphatic rings. The predicted octanol–water partition coefficient (Wildman–Crippen LogP) is 7.02. The third kappa shape index (κ3) is 10.4. The molecule has 0 fully saturated rings. The molecule has 0 heterocycles. The molecule has 0 atom stereocenters. The van der Waals surface area contributed by atoms with E-state index in [4.69, 9.17) is 53.1 Å². The highest BCUT2D eigenvalue weighted by Gasteiger charge is 2.82. The minimum Gasteiger partial charge on any atom is -0.373 e. The van der Waals surface area contributed by atoms with E-state index < -0.39 is 43.2 Å². The fourth-order valence-corrected chi connectivity index (χ4v) is 32.6. The molecule has 290 valence electrons. The van der Waals surface area contributed by atoms with Crippen LogP contribution in [0.5, 0.6) is 0 Å². The van der Waals surface area contributed by atoms with Crippen molar-refractivity contribution in [2.45, 2.75) is 118 Å². The van der Waals surface area contributed by atoms with E-state index in [2.05, 4.69) is 13.8 Å². The van der Waals surface area contributed by atoms with Crippen molar-refractivity contribution in [1.82, 2.24) is 0 Å². The summed E-state index contributed by atoms with van der Waals surface area (Å²) in [6.07, 6.45) is 0.976. The Balaban J connectivity index is 8.59. The normalized spacial score (nSPS) is 13.9. The molecular weight excluding hydrogens is 729 g/mol. The van der Waals surface area contributed by atoms with E-state index in [1.165, 1.54) is 0 Å². The molecule has 0 aliphatic heterocycles. The molecule has 18 heteroatoms. The Morgan fingerprint density at radius 1 is 0.271 bits per heavy atom. The lowest BCUT2D eigenvalue weighted by Gasteiger charge is -2.54. The Hall–Kier alpha value is 1.09. The molecule has 0 aromatic rings. The molecule has 0 aliphatic carbocycles. The van der Waals surface area contributed by atoms with Crippen LogP contribution < -0.4 is 0 Å². The highest BCUT2D eigenvalue weighted by molar-refractivity contribution is 8.79. The summed E-state index contributed by atoms with van der Waals surface area (Å²) >= 11 is 0. The summed E-state index contributed by atoms with van der Waals surface area (Å²) in [5, 5.41) is 0. The second kappa shape index (κ2) is 25.2. The average molecular weight is 799 g/mol. The molecule has 0 radical (unpaired) electrons. The van der Waals surface area contributed by atoms with Crippen LogP contribution in [0.2, 0.25) is 0 Å². The Bertz CT molecular complexity index is 640. The van der Waals surface area contributed by atoms with Gasteiger partial charge in [-0.05, 0) is 95.9 Å². The van der Waals surface area contributed by atoms with Gasteiger partial charge in [-0.3, -0.25) is 0 Å². The van der Waals surface area contributed by atoms with E-state index in [0.29, 0.717) is 92.1 Å². The van der Waals surface area contributed by atoms with Crippen molar-refractivity contribution in [2.75, 3.05) is 79.3 Å². The average Bonchev–Trinajstić information content (AvgIpc) is 3.04. The first-order chi connectivity index (χ1) is 23.1. The van der Waals surface area contributed by atoms with Crippen LogP contribution >= 0.6 is 21.6 Å². The standard InChI is InChI=1S/C30H70O12S2Si4/c1-15-29(45(31-17-3,32-18-4)33-19-5,46(34-20-6,35-21-7)36-22-8)43-44-30(16-2,47(37-23-9,38-24-10)39-25-11)48(40-26-12,41-27-13)42-28-14/h15-28H2,1-14H3. The van der Waals surface area contributed by atoms with Gasteiger partial charge in [0.25, 0.3) is 0 Å². The maximum absolute atomic E-state index is 6.76. The van der Waals surface area contributed by atoms with Gasteiger partial charge in [-0.1, -0.05) is 35.4 Å². The number of hydrogen-bond donors (Lipinski definition) is 0. The zero-order valence-corrected chi connectivity index (χ0v) is 38.2. The Labute approximate surface area is 305 Å². The first-order valence-electron chi connectivity index (χ1n) is 18.1. The zero-order valence-electron chi connectivity index (χ0n) is 32.6. The van der Waals surface area contributed by atoms with Crippen molar-refractivity contribution in [3.63, 3.8) is 0 Å². The molecule has 0 unspecified atom stereocenters. The Morgan fingerprint density at radius 3 is 0.479 bits per heavy atom. The van der Waals surface area contributed by atoms with Crippen molar-refractivity contribution in [2.24, 2.45) is 0 Å². The minimum atomic E-state index is -3.75. The smallest absolute Gasteiger partial charge is 0.373 e. The van der Waals surface area contributed by atoms with Gasteiger partial charge in [-0.2, -0.15) is 0 Å². The van der Waals surface area contributed by atoms with Gasteiger partial charge >= 0.3 is 35.2 Å². The lowest BCUT2D eigenvalue weighted by atomic mass is 10.6. The van der Waals surface area contributed by atoms with Crippen molar-refractivity contribution in [3.8, 4) is 0 Å². The topological polar surface area (TPSA) is 111 Å². The van der Waals surface area contributed by atoms with Gasteiger partial charge in [0, 0.05) is 79.3 Å². The van der Waals surface area contributed by atoms with E-state index >= 15 is 0 Å². The molecule has 0 N–H and O–H groups in total. The third-order valence-corrected chi connectivity index (χ3v) is 33.6. The van der Waals surface area contributed by atoms with Crippen LogP contribution in [0.15, 0.2) is 0 Å². The van der Waals surface area contributed by atoms with Crippen molar-refractivity contribution < 1.29 is 53.1 Å². The summed E-state index contributed by atoms with van der Waals surface area (Å²) in [5.41, 5.74) is 0. The highest BCUT2D eigenvalue weighted by Crippen LogP contribution is 2.61. The summed E-state index contributed by atoms with van der Waals surface area (Å²) in [7, 11) is -11.9. The van der Waals surface area contributed by atoms with Crippen LogP contribution in [0.25, 0.3) is 0 Å². The molecule has 0 saturated carbocycles. The van der Waals surface area contributed by atoms with Crippen LogP contribution in [0, 0.1) is 0 Å². The Kier molecular flexibility index (Phi) is 25.7. The quantitative estimate of drug-likeness (QED) is 0.0501. The predicted molar refractivity (Wildman–Crippen MR) is 204 cm³/mol. The molecule has 48 heavy (non-hydrogen) atoms. The molecule has 0 bridgehead atoms. The van der Waals surface area contributed by atoms with Gasteiger partial charge in [0.1, 0.15) is 0 Å². The van der Waals surface area contributed by atoms with Gasteiger partial charge in [0.15, 0.2) is 7.99 Å². The maximum atomic E-state index is 6.76. The summed E-state index contributed by atoms with van der Waals surface area (Å²) in [6, 6.07) is 0. The lowest BCUT2D eigenvalue weighted by molar-refractivity contribution is 0.0258.